The molecule has 1 aliphatic rings. The number of hydrogen-bond acceptors (Lipinski definition) is 9. The number of ether oxygens (including phenoxy) is 3. The zero-order chi connectivity index (χ0) is 46.7. The number of alkyl carbamates (subject to hydrolysis) is 1. The molecule has 13 heteroatoms. The van der Waals surface area contributed by atoms with Gasteiger partial charge in [0.1, 0.15) is 30.4 Å². The third kappa shape index (κ3) is 24.5. The van der Waals surface area contributed by atoms with E-state index >= 15 is 0 Å². The van der Waals surface area contributed by atoms with Crippen molar-refractivity contribution in [1.29, 1.82) is 0 Å². The van der Waals surface area contributed by atoms with Gasteiger partial charge in [-0.05, 0) is 83.1 Å². The van der Waals surface area contributed by atoms with Crippen LogP contribution in [-0.2, 0) is 38.2 Å². The van der Waals surface area contributed by atoms with Crippen molar-refractivity contribution in [2.45, 2.75) is 187 Å². The Bertz CT molecular complexity index is 1670. The molecule has 2 aromatic rings. The van der Waals surface area contributed by atoms with Crippen molar-refractivity contribution in [2.24, 2.45) is 0 Å². The molecule has 0 heterocycles. The molecule has 0 radical (unpaired) electrons. The summed E-state index contributed by atoms with van der Waals surface area (Å²) in [6.07, 6.45) is 17.3. The van der Waals surface area contributed by atoms with Gasteiger partial charge in [-0.1, -0.05) is 133 Å². The minimum Gasteiger partial charge on any atom is -0.480 e. The Kier molecular flexibility index (Phi) is 25.3. The second-order valence-corrected chi connectivity index (χ2v) is 18.3. The summed E-state index contributed by atoms with van der Waals surface area (Å²) in [5.41, 5.74) is 3.50. The first kappa shape index (κ1) is 54.2. The Morgan fingerprint density at radius 1 is 0.603 bits per heavy atom. The molecule has 0 fully saturated rings. The maximum atomic E-state index is 12.2. The molecule has 0 aromatic heterocycles. The summed E-state index contributed by atoms with van der Waals surface area (Å²) in [5, 5.41) is 16.9. The number of carboxylic acids is 1. The number of carbonyl (C=O) groups excluding carboxylic acids is 5. The first-order valence-electron chi connectivity index (χ1n) is 23.2. The molecular formula is C50H77N3O10. The molecule has 63 heavy (non-hydrogen) atoms. The van der Waals surface area contributed by atoms with E-state index in [-0.39, 0.29) is 55.4 Å². The highest BCUT2D eigenvalue weighted by Gasteiger charge is 2.30. The summed E-state index contributed by atoms with van der Waals surface area (Å²) in [7, 11) is 0. The van der Waals surface area contributed by atoms with Gasteiger partial charge < -0.3 is 35.3 Å². The summed E-state index contributed by atoms with van der Waals surface area (Å²) in [6.45, 7) is 13.1. The minimum absolute atomic E-state index is 0.0514. The second-order valence-electron chi connectivity index (χ2n) is 18.3. The van der Waals surface area contributed by atoms with Gasteiger partial charge in [0.15, 0.2) is 0 Å². The summed E-state index contributed by atoms with van der Waals surface area (Å²) >= 11 is 0. The number of hydrogen-bond donors (Lipinski definition) is 4. The van der Waals surface area contributed by atoms with Crippen molar-refractivity contribution >= 4 is 35.8 Å². The first-order valence-corrected chi connectivity index (χ1v) is 23.2. The number of benzene rings is 2. The van der Waals surface area contributed by atoms with Crippen LogP contribution < -0.4 is 16.0 Å². The van der Waals surface area contributed by atoms with Crippen LogP contribution in [0.4, 0.5) is 4.79 Å². The highest BCUT2D eigenvalue weighted by Crippen LogP contribution is 2.44. The lowest BCUT2D eigenvalue weighted by atomic mass is 9.98. The molecule has 0 saturated carbocycles. The molecule has 352 valence electrons. The van der Waals surface area contributed by atoms with Gasteiger partial charge in [0, 0.05) is 31.7 Å². The fourth-order valence-corrected chi connectivity index (χ4v) is 7.23. The standard InChI is InChI=1S/C28H53NO5.C22H24N2O5/c1-27(2,3)33-25(31)22-20-18-16-14-12-10-8-7-9-11-13-15-17-19-21-24(30)29-23-26(32)34-28(4,5)6;1-2-20(25)23-12-11-19(21(26)27)24-22(28)29-13-18-16-9-5-3-7-14(16)15-8-4-6-10-17(15)18/h7-23H2,1-6H3,(H,29,30);3-10,18-19H,2,11-13H2,1H3,(H,23,25)(H,24,28)(H,26,27). The maximum Gasteiger partial charge on any atom is 0.407 e. The SMILES string of the molecule is CC(C)(C)OC(=O)CCCCCCCCCCCCCCCCC(=O)NCC(=O)OC(C)(C)C.CCC(=O)NCCC(NC(=O)OCC1c2ccccc2-c2ccccc21)C(=O)O. The van der Waals surface area contributed by atoms with E-state index in [1.165, 1.54) is 64.2 Å². The number of carboxylic acid groups (broad SMARTS) is 1. The molecule has 0 spiro atoms. The number of fused-ring (bicyclic) bond motifs is 3. The van der Waals surface area contributed by atoms with Crippen LogP contribution in [0.2, 0.25) is 0 Å². The van der Waals surface area contributed by atoms with Crippen molar-refractivity contribution in [3.8, 4) is 11.1 Å². The van der Waals surface area contributed by atoms with Crippen molar-refractivity contribution in [2.75, 3.05) is 19.7 Å². The Balaban J connectivity index is 0.000000437. The Morgan fingerprint density at radius 3 is 1.51 bits per heavy atom. The van der Waals surface area contributed by atoms with Crippen LogP contribution in [0.5, 0.6) is 0 Å². The molecule has 3 amide bonds. The van der Waals surface area contributed by atoms with E-state index in [0.717, 1.165) is 47.9 Å². The second kappa shape index (κ2) is 29.4. The predicted octanol–water partition coefficient (Wildman–Crippen LogP) is 9.92. The van der Waals surface area contributed by atoms with Gasteiger partial charge in [-0.2, -0.15) is 0 Å². The molecule has 1 unspecified atom stereocenters. The Hall–Kier alpha value is -4.94. The first-order chi connectivity index (χ1) is 29.9. The molecule has 13 nitrogen and oxygen atoms in total. The van der Waals surface area contributed by atoms with Crippen molar-refractivity contribution < 1.29 is 48.1 Å². The van der Waals surface area contributed by atoms with Gasteiger partial charge in [0.2, 0.25) is 11.8 Å². The molecule has 0 saturated heterocycles. The number of carbonyl (C=O) groups is 6. The van der Waals surface area contributed by atoms with E-state index in [9.17, 15) is 33.9 Å². The Morgan fingerprint density at radius 2 is 1.05 bits per heavy atom. The largest absolute Gasteiger partial charge is 0.480 e. The third-order valence-corrected chi connectivity index (χ3v) is 10.3. The lowest BCUT2D eigenvalue weighted by Crippen LogP contribution is -2.43. The smallest absolute Gasteiger partial charge is 0.407 e. The molecule has 1 aliphatic carbocycles. The average molecular weight is 880 g/mol. The number of unbranched alkanes of at least 4 members (excludes halogenated alkanes) is 13. The van der Waals surface area contributed by atoms with Crippen molar-refractivity contribution in [3.63, 3.8) is 0 Å². The fraction of sp³-hybridized carbons (Fsp3) is 0.640. The average Bonchev–Trinajstić information content (AvgIpc) is 3.53. The van der Waals surface area contributed by atoms with Crippen LogP contribution >= 0.6 is 0 Å². The van der Waals surface area contributed by atoms with Gasteiger partial charge >= 0.3 is 24.0 Å². The van der Waals surface area contributed by atoms with E-state index in [1.807, 2.05) is 90.1 Å². The zero-order valence-electron chi connectivity index (χ0n) is 39.2. The summed E-state index contributed by atoms with van der Waals surface area (Å²) in [6, 6.07) is 14.8. The molecule has 3 rings (SSSR count). The third-order valence-electron chi connectivity index (χ3n) is 10.3. The van der Waals surface area contributed by atoms with E-state index in [2.05, 4.69) is 16.0 Å². The number of esters is 2. The monoisotopic (exact) mass is 880 g/mol. The predicted molar refractivity (Wildman–Crippen MR) is 246 cm³/mol. The highest BCUT2D eigenvalue weighted by molar-refractivity contribution is 5.82. The molecule has 2 aromatic carbocycles. The van der Waals surface area contributed by atoms with Gasteiger partial charge in [-0.25, -0.2) is 9.59 Å². The van der Waals surface area contributed by atoms with Gasteiger partial charge in [-0.15, -0.1) is 0 Å². The Labute approximate surface area is 376 Å². The van der Waals surface area contributed by atoms with E-state index in [0.29, 0.717) is 19.3 Å². The molecular weight excluding hydrogens is 803 g/mol. The van der Waals surface area contributed by atoms with Crippen molar-refractivity contribution in [3.05, 3.63) is 59.7 Å². The highest BCUT2D eigenvalue weighted by atomic mass is 16.6. The number of rotatable bonds is 27. The molecule has 1 atom stereocenters. The van der Waals surface area contributed by atoms with Gasteiger partial charge in [-0.3, -0.25) is 19.2 Å². The van der Waals surface area contributed by atoms with Crippen LogP contribution in [0.1, 0.15) is 181 Å². The number of amides is 3. The summed E-state index contributed by atoms with van der Waals surface area (Å²) in [4.78, 5) is 69.9. The van der Waals surface area contributed by atoms with Crippen LogP contribution in [-0.4, -0.2) is 77.9 Å². The maximum absolute atomic E-state index is 12.2. The normalized spacial score (nSPS) is 12.4. The number of nitrogens with one attached hydrogen (secondary N) is 3. The summed E-state index contributed by atoms with van der Waals surface area (Å²) < 4.78 is 15.9. The van der Waals surface area contributed by atoms with Crippen LogP contribution in [0, 0.1) is 0 Å². The molecule has 0 aliphatic heterocycles. The van der Waals surface area contributed by atoms with Gasteiger partial charge in [0.05, 0.1) is 0 Å². The lowest BCUT2D eigenvalue weighted by Gasteiger charge is -2.19. The van der Waals surface area contributed by atoms with E-state index in [4.69, 9.17) is 14.2 Å². The van der Waals surface area contributed by atoms with Crippen LogP contribution in [0.3, 0.4) is 0 Å². The lowest BCUT2D eigenvalue weighted by molar-refractivity contribution is -0.155. The molecule has 0 bridgehead atoms. The number of aliphatic carboxylic acids is 1. The van der Waals surface area contributed by atoms with Crippen molar-refractivity contribution in [1.82, 2.24) is 16.0 Å². The van der Waals surface area contributed by atoms with Crippen LogP contribution in [0.25, 0.3) is 11.1 Å². The molecule has 4 N–H and O–H groups in total. The van der Waals surface area contributed by atoms with E-state index in [1.54, 1.807) is 6.92 Å². The van der Waals surface area contributed by atoms with E-state index < -0.39 is 29.7 Å². The zero-order valence-corrected chi connectivity index (χ0v) is 39.2. The van der Waals surface area contributed by atoms with Crippen LogP contribution in [0.15, 0.2) is 48.5 Å². The fourth-order valence-electron chi connectivity index (χ4n) is 7.23. The topological polar surface area (TPSA) is 186 Å². The minimum atomic E-state index is -1.18. The summed E-state index contributed by atoms with van der Waals surface area (Å²) in [5.74, 6) is -1.99. The quantitative estimate of drug-likeness (QED) is 0.0382. The van der Waals surface area contributed by atoms with Gasteiger partial charge in [0.25, 0.3) is 0 Å².